The molecule has 1 atom stereocenters. The second-order valence-corrected chi connectivity index (χ2v) is 9.33. The van der Waals surface area contributed by atoms with Gasteiger partial charge in [0.15, 0.2) is 11.5 Å². The first kappa shape index (κ1) is 21.0. The van der Waals surface area contributed by atoms with Gasteiger partial charge in [-0.05, 0) is 57.0 Å². The molecule has 0 spiro atoms. The minimum absolute atomic E-state index is 0.149. The average Bonchev–Trinajstić information content (AvgIpc) is 3.45. The zero-order chi connectivity index (χ0) is 22.2. The molecule has 170 valence electrons. The van der Waals surface area contributed by atoms with Gasteiger partial charge < -0.3 is 4.90 Å². The van der Waals surface area contributed by atoms with Gasteiger partial charge in [-0.2, -0.15) is 0 Å². The molecule has 3 aliphatic rings. The van der Waals surface area contributed by atoms with Gasteiger partial charge in [0.05, 0.1) is 6.04 Å². The lowest BCUT2D eigenvalue weighted by atomic mass is 9.88. The molecule has 1 saturated carbocycles. The maximum absolute atomic E-state index is 13.1. The standard InChI is InChI=1S/C23H30N6O3/c1-14-17-10-11-19(30)29(13-16-7-4-3-5-8-16)22(17)25-21(24-14)18-9-6-12-28(18)23(31)20-15(2)26-32-27-20/h16,18H,3-13H2,1-2H3/t18-/m1/s1. The van der Waals surface area contributed by atoms with Crippen molar-refractivity contribution in [3.05, 3.63) is 28.5 Å². The molecule has 1 saturated heterocycles. The van der Waals surface area contributed by atoms with Crippen molar-refractivity contribution in [3.8, 4) is 0 Å². The fourth-order valence-corrected chi connectivity index (χ4v) is 5.41. The number of amides is 2. The number of aryl methyl sites for hydroxylation is 2. The Hall–Kier alpha value is -2.84. The summed E-state index contributed by atoms with van der Waals surface area (Å²) in [6.45, 7) is 5.05. The highest BCUT2D eigenvalue weighted by Gasteiger charge is 2.37. The van der Waals surface area contributed by atoms with Crippen molar-refractivity contribution in [2.24, 2.45) is 5.92 Å². The second-order valence-electron chi connectivity index (χ2n) is 9.33. The smallest absolute Gasteiger partial charge is 0.278 e. The van der Waals surface area contributed by atoms with E-state index in [2.05, 4.69) is 10.3 Å². The Morgan fingerprint density at radius 3 is 2.56 bits per heavy atom. The maximum atomic E-state index is 13.1. The van der Waals surface area contributed by atoms with E-state index >= 15 is 0 Å². The number of hydrogen-bond donors (Lipinski definition) is 0. The SMILES string of the molecule is Cc1nonc1C(=O)N1CCC[C@@H]1c1nc(C)c2c(n1)N(CC1CCCCC1)C(=O)CC2. The molecule has 2 aromatic heterocycles. The van der Waals surface area contributed by atoms with Crippen molar-refractivity contribution < 1.29 is 14.2 Å². The number of aromatic nitrogens is 4. The third-order valence-corrected chi connectivity index (χ3v) is 7.19. The van der Waals surface area contributed by atoms with Crippen LogP contribution < -0.4 is 4.90 Å². The summed E-state index contributed by atoms with van der Waals surface area (Å²) >= 11 is 0. The Balaban J connectivity index is 1.46. The van der Waals surface area contributed by atoms with E-state index in [0.29, 0.717) is 36.8 Å². The van der Waals surface area contributed by atoms with E-state index in [4.69, 9.17) is 14.6 Å². The molecule has 0 bridgehead atoms. The summed E-state index contributed by atoms with van der Waals surface area (Å²) < 4.78 is 4.74. The minimum Gasteiger partial charge on any atom is -0.327 e. The molecule has 0 unspecified atom stereocenters. The molecule has 0 N–H and O–H groups in total. The Morgan fingerprint density at radius 1 is 1.00 bits per heavy atom. The fraction of sp³-hybridized carbons (Fsp3) is 0.652. The van der Waals surface area contributed by atoms with Gasteiger partial charge in [0, 0.05) is 30.8 Å². The lowest BCUT2D eigenvalue weighted by molar-refractivity contribution is -0.119. The summed E-state index contributed by atoms with van der Waals surface area (Å²) in [5, 5.41) is 7.54. The zero-order valence-electron chi connectivity index (χ0n) is 18.8. The van der Waals surface area contributed by atoms with Gasteiger partial charge in [-0.1, -0.05) is 24.4 Å². The molecular formula is C23H30N6O3. The maximum Gasteiger partial charge on any atom is 0.278 e. The Kier molecular flexibility index (Phi) is 5.65. The van der Waals surface area contributed by atoms with Crippen LogP contribution >= 0.6 is 0 Å². The molecule has 0 aromatic carbocycles. The van der Waals surface area contributed by atoms with Crippen LogP contribution in [0.3, 0.4) is 0 Å². The topological polar surface area (TPSA) is 105 Å². The van der Waals surface area contributed by atoms with E-state index in [1.165, 1.54) is 32.1 Å². The molecule has 9 nitrogen and oxygen atoms in total. The van der Waals surface area contributed by atoms with Gasteiger partial charge in [0.2, 0.25) is 5.91 Å². The van der Waals surface area contributed by atoms with E-state index in [1.807, 2.05) is 11.8 Å². The Bertz CT molecular complexity index is 1030. The van der Waals surface area contributed by atoms with Crippen LogP contribution in [-0.2, 0) is 11.2 Å². The fourth-order valence-electron chi connectivity index (χ4n) is 5.41. The largest absolute Gasteiger partial charge is 0.327 e. The minimum atomic E-state index is -0.240. The first-order valence-electron chi connectivity index (χ1n) is 11.8. The zero-order valence-corrected chi connectivity index (χ0v) is 18.8. The second kappa shape index (κ2) is 8.60. The van der Waals surface area contributed by atoms with Gasteiger partial charge in [-0.15, -0.1) is 0 Å². The third kappa shape index (κ3) is 3.78. The van der Waals surface area contributed by atoms with Crippen LogP contribution in [0.5, 0.6) is 0 Å². The molecule has 2 fully saturated rings. The number of likely N-dealkylation sites (tertiary alicyclic amines) is 1. The lowest BCUT2D eigenvalue weighted by Gasteiger charge is -2.34. The Morgan fingerprint density at radius 2 is 1.81 bits per heavy atom. The number of rotatable bonds is 4. The number of hydrogen-bond acceptors (Lipinski definition) is 7. The van der Waals surface area contributed by atoms with Crippen molar-refractivity contribution in [3.63, 3.8) is 0 Å². The summed E-state index contributed by atoms with van der Waals surface area (Å²) in [6, 6.07) is -0.240. The monoisotopic (exact) mass is 438 g/mol. The van der Waals surface area contributed by atoms with Crippen LogP contribution in [0.25, 0.3) is 0 Å². The first-order valence-corrected chi connectivity index (χ1v) is 11.8. The summed E-state index contributed by atoms with van der Waals surface area (Å²) in [4.78, 5) is 39.4. The molecule has 2 aliphatic heterocycles. The van der Waals surface area contributed by atoms with Crippen LogP contribution in [0.1, 0.15) is 90.7 Å². The quantitative estimate of drug-likeness (QED) is 0.721. The van der Waals surface area contributed by atoms with Gasteiger partial charge in [-0.3, -0.25) is 14.5 Å². The van der Waals surface area contributed by atoms with Gasteiger partial charge in [-0.25, -0.2) is 14.6 Å². The van der Waals surface area contributed by atoms with E-state index in [9.17, 15) is 9.59 Å². The number of nitrogens with zero attached hydrogens (tertiary/aromatic N) is 6. The number of carbonyl (C=O) groups is 2. The molecule has 2 aromatic rings. The van der Waals surface area contributed by atoms with Gasteiger partial charge in [0.1, 0.15) is 11.5 Å². The summed E-state index contributed by atoms with van der Waals surface area (Å²) in [6.07, 6.45) is 8.95. The summed E-state index contributed by atoms with van der Waals surface area (Å²) in [5.74, 6) is 1.85. The number of carbonyl (C=O) groups excluding carboxylic acids is 2. The molecule has 2 amide bonds. The highest BCUT2D eigenvalue weighted by Crippen LogP contribution is 2.36. The van der Waals surface area contributed by atoms with E-state index in [-0.39, 0.29) is 23.6 Å². The van der Waals surface area contributed by atoms with Crippen LogP contribution in [0.15, 0.2) is 4.63 Å². The first-order chi connectivity index (χ1) is 15.5. The van der Waals surface area contributed by atoms with Crippen LogP contribution in [-0.4, -0.2) is 50.1 Å². The number of anilines is 1. The average molecular weight is 439 g/mol. The van der Waals surface area contributed by atoms with Gasteiger partial charge >= 0.3 is 0 Å². The highest BCUT2D eigenvalue weighted by atomic mass is 16.6. The third-order valence-electron chi connectivity index (χ3n) is 7.19. The lowest BCUT2D eigenvalue weighted by Crippen LogP contribution is -2.41. The van der Waals surface area contributed by atoms with Crippen molar-refractivity contribution in [1.29, 1.82) is 0 Å². The van der Waals surface area contributed by atoms with E-state index in [1.54, 1.807) is 11.8 Å². The van der Waals surface area contributed by atoms with Crippen LogP contribution in [0.2, 0.25) is 0 Å². The van der Waals surface area contributed by atoms with Crippen LogP contribution in [0, 0.1) is 19.8 Å². The highest BCUT2D eigenvalue weighted by molar-refractivity contribution is 5.95. The molecule has 5 rings (SSSR count). The predicted octanol–water partition coefficient (Wildman–Crippen LogP) is 3.31. The predicted molar refractivity (Wildman–Crippen MR) is 116 cm³/mol. The van der Waals surface area contributed by atoms with Crippen molar-refractivity contribution in [2.75, 3.05) is 18.0 Å². The number of fused-ring (bicyclic) bond motifs is 1. The van der Waals surface area contributed by atoms with Crippen LogP contribution in [0.4, 0.5) is 5.82 Å². The van der Waals surface area contributed by atoms with Crippen molar-refractivity contribution in [1.82, 2.24) is 25.2 Å². The molecule has 1 aliphatic carbocycles. The summed E-state index contributed by atoms with van der Waals surface area (Å²) in [7, 11) is 0. The molecule has 4 heterocycles. The van der Waals surface area contributed by atoms with Gasteiger partial charge in [0.25, 0.3) is 5.91 Å². The Labute approximate surface area is 187 Å². The molecule has 0 radical (unpaired) electrons. The van der Waals surface area contributed by atoms with E-state index in [0.717, 1.165) is 36.5 Å². The normalized spacial score (nSPS) is 21.8. The van der Waals surface area contributed by atoms with Crippen molar-refractivity contribution in [2.45, 2.75) is 77.7 Å². The summed E-state index contributed by atoms with van der Waals surface area (Å²) in [5.41, 5.74) is 2.69. The molecule has 32 heavy (non-hydrogen) atoms. The molecular weight excluding hydrogens is 408 g/mol. The van der Waals surface area contributed by atoms with E-state index < -0.39 is 0 Å². The van der Waals surface area contributed by atoms with Crippen molar-refractivity contribution >= 4 is 17.6 Å². The molecule has 9 heteroatoms.